The molecule has 0 fully saturated rings. The number of para-hydroxylation sites is 1. The highest BCUT2D eigenvalue weighted by atomic mass is 32.1. The first-order valence-corrected chi connectivity index (χ1v) is 9.30. The fourth-order valence-corrected chi connectivity index (χ4v) is 3.64. The van der Waals surface area contributed by atoms with Gasteiger partial charge in [-0.3, -0.25) is 4.79 Å². The van der Waals surface area contributed by atoms with E-state index in [0.717, 1.165) is 41.1 Å². The van der Waals surface area contributed by atoms with Crippen LogP contribution in [0.15, 0.2) is 48.5 Å². The zero-order chi connectivity index (χ0) is 17.5. The van der Waals surface area contributed by atoms with Crippen LogP contribution in [0.2, 0.25) is 0 Å². The first-order chi connectivity index (χ1) is 12.2. The molecule has 0 unspecified atom stereocenters. The van der Waals surface area contributed by atoms with Crippen LogP contribution in [-0.2, 0) is 17.6 Å². The summed E-state index contributed by atoms with van der Waals surface area (Å²) in [5.41, 5.74) is 2.21. The number of fused-ring (bicyclic) bond motifs is 1. The van der Waals surface area contributed by atoms with E-state index < -0.39 is 0 Å². The van der Waals surface area contributed by atoms with Crippen molar-refractivity contribution < 1.29 is 9.53 Å². The van der Waals surface area contributed by atoms with E-state index in [1.807, 2.05) is 42.5 Å². The Labute approximate surface area is 151 Å². The smallest absolute Gasteiger partial charge is 0.220 e. The third-order valence-electron chi connectivity index (χ3n) is 4.03. The first kappa shape index (κ1) is 17.4. The number of thiazole rings is 1. The summed E-state index contributed by atoms with van der Waals surface area (Å²) in [6.45, 7) is 0.692. The Morgan fingerprint density at radius 2 is 1.92 bits per heavy atom. The van der Waals surface area contributed by atoms with Crippen LogP contribution in [-0.4, -0.2) is 24.5 Å². The van der Waals surface area contributed by atoms with E-state index in [1.165, 1.54) is 4.70 Å². The van der Waals surface area contributed by atoms with Crippen LogP contribution in [0, 0.1) is 0 Å². The number of aromatic nitrogens is 1. The molecule has 0 bridgehead atoms. The van der Waals surface area contributed by atoms with E-state index in [4.69, 9.17) is 4.74 Å². The van der Waals surface area contributed by atoms with Crippen LogP contribution in [0.3, 0.4) is 0 Å². The van der Waals surface area contributed by atoms with Gasteiger partial charge in [-0.2, -0.15) is 0 Å². The fourth-order valence-electron chi connectivity index (χ4n) is 2.63. The van der Waals surface area contributed by atoms with Gasteiger partial charge in [0, 0.05) is 19.4 Å². The van der Waals surface area contributed by atoms with E-state index in [-0.39, 0.29) is 5.91 Å². The van der Waals surface area contributed by atoms with Crippen molar-refractivity contribution in [1.82, 2.24) is 10.3 Å². The Balaban J connectivity index is 1.36. The molecule has 1 aromatic heterocycles. The third kappa shape index (κ3) is 5.03. The first-order valence-electron chi connectivity index (χ1n) is 8.48. The second kappa shape index (κ2) is 8.62. The Bertz CT molecular complexity index is 794. The molecule has 0 radical (unpaired) electrons. The van der Waals surface area contributed by atoms with Crippen molar-refractivity contribution in [3.8, 4) is 5.75 Å². The van der Waals surface area contributed by atoms with Gasteiger partial charge in [0.2, 0.25) is 5.91 Å². The summed E-state index contributed by atoms with van der Waals surface area (Å²) in [5, 5.41) is 4.13. The van der Waals surface area contributed by atoms with Gasteiger partial charge >= 0.3 is 0 Å². The number of aryl methyl sites for hydroxylation is 2. The molecule has 0 saturated carbocycles. The van der Waals surface area contributed by atoms with Gasteiger partial charge in [-0.1, -0.05) is 24.3 Å². The lowest BCUT2D eigenvalue weighted by molar-refractivity contribution is -0.121. The molecule has 0 saturated heterocycles. The lowest BCUT2D eigenvalue weighted by Crippen LogP contribution is -2.24. The number of carbonyl (C=O) groups is 1. The van der Waals surface area contributed by atoms with Crippen LogP contribution in [0.1, 0.15) is 23.4 Å². The minimum Gasteiger partial charge on any atom is -0.497 e. The standard InChI is InChI=1S/C20H22N2O2S/c1-24-16-11-8-15(9-12-16)10-13-19(23)21-14-4-7-20-22-17-5-2-3-6-18(17)25-20/h2-3,5-6,8-9,11-12H,4,7,10,13-14H2,1H3,(H,21,23). The molecule has 0 aliphatic rings. The molecule has 3 rings (SSSR count). The molecule has 130 valence electrons. The van der Waals surface area contributed by atoms with Crippen molar-refractivity contribution in [3.63, 3.8) is 0 Å². The molecule has 2 aromatic carbocycles. The molecule has 1 heterocycles. The number of carbonyl (C=O) groups excluding carboxylic acids is 1. The number of nitrogens with one attached hydrogen (secondary N) is 1. The molecule has 0 aliphatic heterocycles. The molecular weight excluding hydrogens is 332 g/mol. The Morgan fingerprint density at radius 3 is 2.68 bits per heavy atom. The SMILES string of the molecule is COc1ccc(CCC(=O)NCCCc2nc3ccccc3s2)cc1. The highest BCUT2D eigenvalue weighted by molar-refractivity contribution is 7.18. The van der Waals surface area contributed by atoms with Gasteiger partial charge in [-0.15, -0.1) is 11.3 Å². The van der Waals surface area contributed by atoms with E-state index in [1.54, 1.807) is 18.4 Å². The molecule has 3 aromatic rings. The Hall–Kier alpha value is -2.40. The topological polar surface area (TPSA) is 51.2 Å². The van der Waals surface area contributed by atoms with Crippen molar-refractivity contribution in [2.24, 2.45) is 0 Å². The van der Waals surface area contributed by atoms with Gasteiger partial charge in [-0.05, 0) is 42.7 Å². The summed E-state index contributed by atoms with van der Waals surface area (Å²) in [6.07, 6.45) is 3.06. The lowest BCUT2D eigenvalue weighted by Gasteiger charge is -2.05. The average molecular weight is 354 g/mol. The predicted molar refractivity (Wildman–Crippen MR) is 102 cm³/mol. The van der Waals surface area contributed by atoms with Gasteiger partial charge in [0.25, 0.3) is 0 Å². The second-order valence-electron chi connectivity index (χ2n) is 5.88. The molecule has 0 atom stereocenters. The maximum Gasteiger partial charge on any atom is 0.220 e. The third-order valence-corrected chi connectivity index (χ3v) is 5.12. The minimum absolute atomic E-state index is 0.0973. The largest absolute Gasteiger partial charge is 0.497 e. The maximum atomic E-state index is 11.9. The van der Waals surface area contributed by atoms with Gasteiger partial charge in [0.15, 0.2) is 0 Å². The average Bonchev–Trinajstić information content (AvgIpc) is 3.07. The number of amides is 1. The van der Waals surface area contributed by atoms with E-state index in [9.17, 15) is 4.79 Å². The van der Waals surface area contributed by atoms with Crippen molar-refractivity contribution in [3.05, 3.63) is 59.1 Å². The van der Waals surface area contributed by atoms with E-state index in [0.29, 0.717) is 13.0 Å². The molecule has 25 heavy (non-hydrogen) atoms. The number of rotatable bonds is 8. The summed E-state index contributed by atoms with van der Waals surface area (Å²) in [7, 11) is 1.65. The number of hydrogen-bond acceptors (Lipinski definition) is 4. The highest BCUT2D eigenvalue weighted by Gasteiger charge is 2.05. The molecular formula is C20H22N2O2S. The number of methoxy groups -OCH3 is 1. The lowest BCUT2D eigenvalue weighted by atomic mass is 10.1. The number of ether oxygens (including phenoxy) is 1. The van der Waals surface area contributed by atoms with E-state index >= 15 is 0 Å². The normalized spacial score (nSPS) is 10.8. The zero-order valence-corrected chi connectivity index (χ0v) is 15.1. The summed E-state index contributed by atoms with van der Waals surface area (Å²) in [6, 6.07) is 16.0. The van der Waals surface area contributed by atoms with Crippen LogP contribution < -0.4 is 10.1 Å². The van der Waals surface area contributed by atoms with Gasteiger partial charge in [-0.25, -0.2) is 4.98 Å². The maximum absolute atomic E-state index is 11.9. The Morgan fingerprint density at radius 1 is 1.12 bits per heavy atom. The van der Waals surface area contributed by atoms with Crippen molar-refractivity contribution in [1.29, 1.82) is 0 Å². The molecule has 4 nitrogen and oxygen atoms in total. The Kier molecular flexibility index (Phi) is 6.01. The summed E-state index contributed by atoms with van der Waals surface area (Å²) in [4.78, 5) is 16.6. The highest BCUT2D eigenvalue weighted by Crippen LogP contribution is 2.22. The molecule has 5 heteroatoms. The zero-order valence-electron chi connectivity index (χ0n) is 14.3. The molecule has 1 amide bonds. The molecule has 0 aliphatic carbocycles. The van der Waals surface area contributed by atoms with Crippen LogP contribution in [0.5, 0.6) is 5.75 Å². The van der Waals surface area contributed by atoms with Crippen LogP contribution in [0.4, 0.5) is 0 Å². The van der Waals surface area contributed by atoms with Crippen molar-refractivity contribution in [2.45, 2.75) is 25.7 Å². The van der Waals surface area contributed by atoms with Crippen LogP contribution >= 0.6 is 11.3 Å². The van der Waals surface area contributed by atoms with Gasteiger partial charge < -0.3 is 10.1 Å². The predicted octanol–water partition coefficient (Wildman–Crippen LogP) is 3.99. The van der Waals surface area contributed by atoms with Crippen molar-refractivity contribution >= 4 is 27.5 Å². The molecule has 1 N–H and O–H groups in total. The number of nitrogens with zero attached hydrogens (tertiary/aromatic N) is 1. The second-order valence-corrected chi connectivity index (χ2v) is 6.99. The van der Waals surface area contributed by atoms with Gasteiger partial charge in [0.1, 0.15) is 5.75 Å². The van der Waals surface area contributed by atoms with Crippen molar-refractivity contribution in [2.75, 3.05) is 13.7 Å². The summed E-state index contributed by atoms with van der Waals surface area (Å²) < 4.78 is 6.36. The number of hydrogen-bond donors (Lipinski definition) is 1. The fraction of sp³-hybridized carbons (Fsp3) is 0.300. The molecule has 0 spiro atoms. The monoisotopic (exact) mass is 354 g/mol. The number of benzene rings is 2. The summed E-state index contributed by atoms with van der Waals surface area (Å²) >= 11 is 1.73. The summed E-state index contributed by atoms with van der Waals surface area (Å²) in [5.74, 6) is 0.933. The minimum atomic E-state index is 0.0973. The van der Waals surface area contributed by atoms with E-state index in [2.05, 4.69) is 16.4 Å². The quantitative estimate of drug-likeness (QED) is 0.622. The van der Waals surface area contributed by atoms with Crippen LogP contribution in [0.25, 0.3) is 10.2 Å². The van der Waals surface area contributed by atoms with Gasteiger partial charge in [0.05, 0.1) is 22.3 Å².